The molecule has 0 radical (unpaired) electrons. The van der Waals surface area contributed by atoms with Gasteiger partial charge in [0.2, 0.25) is 0 Å². The summed E-state index contributed by atoms with van der Waals surface area (Å²) in [6, 6.07) is 7.86. The number of benzene rings is 1. The van der Waals surface area contributed by atoms with Gasteiger partial charge in [0.25, 0.3) is 0 Å². The van der Waals surface area contributed by atoms with Crippen molar-refractivity contribution >= 4 is 11.4 Å². The molecule has 1 aromatic carbocycles. The molecule has 1 nitrogen and oxygen atoms in total. The number of carbonyl (C=O) groups excluding carboxylic acids is 1. The molecule has 0 unspecified atom stereocenters. The second-order valence-corrected chi connectivity index (χ2v) is 5.10. The zero-order chi connectivity index (χ0) is 12.0. The Labute approximate surface area is 101 Å². The fourth-order valence-electron chi connectivity index (χ4n) is 2.65. The van der Waals surface area contributed by atoms with Crippen LogP contribution in [0.1, 0.15) is 29.8 Å². The van der Waals surface area contributed by atoms with Gasteiger partial charge in [-0.3, -0.25) is 4.79 Å². The Balaban J connectivity index is 2.32. The topological polar surface area (TPSA) is 17.1 Å². The minimum atomic E-state index is -0.199. The molecule has 0 atom stereocenters. The van der Waals surface area contributed by atoms with Gasteiger partial charge in [-0.15, -0.1) is 0 Å². The molecule has 0 aliphatic heterocycles. The van der Waals surface area contributed by atoms with Crippen molar-refractivity contribution in [1.29, 1.82) is 0 Å². The number of hydrogen-bond donors (Lipinski definition) is 0. The molecule has 84 valence electrons. The minimum Gasteiger partial charge on any atom is -0.289 e. The number of carbonyl (C=O) groups is 1. The van der Waals surface area contributed by atoms with Crippen LogP contribution in [0.2, 0.25) is 0 Å². The molecule has 0 aromatic heterocycles. The summed E-state index contributed by atoms with van der Waals surface area (Å²) < 4.78 is 0. The summed E-state index contributed by atoms with van der Waals surface area (Å²) in [4.78, 5) is 12.5. The van der Waals surface area contributed by atoms with Gasteiger partial charge in [-0.1, -0.05) is 62.4 Å². The lowest BCUT2D eigenvalue weighted by Gasteiger charge is -2.21. The van der Waals surface area contributed by atoms with Crippen LogP contribution in [0.15, 0.2) is 54.1 Å². The van der Waals surface area contributed by atoms with Gasteiger partial charge >= 0.3 is 0 Å². The van der Waals surface area contributed by atoms with Gasteiger partial charge in [-0.2, -0.15) is 0 Å². The molecule has 0 saturated carbocycles. The predicted molar refractivity (Wildman–Crippen MR) is 69.8 cm³/mol. The first-order chi connectivity index (χ1) is 8.11. The van der Waals surface area contributed by atoms with Crippen molar-refractivity contribution in [3.63, 3.8) is 0 Å². The highest BCUT2D eigenvalue weighted by atomic mass is 16.1. The highest BCUT2D eigenvalue weighted by molar-refractivity contribution is 6.23. The lowest BCUT2D eigenvalue weighted by Crippen LogP contribution is -2.17. The molecule has 1 aromatic rings. The Morgan fingerprint density at radius 3 is 2.47 bits per heavy atom. The average molecular weight is 222 g/mol. The van der Waals surface area contributed by atoms with E-state index < -0.39 is 0 Å². The summed E-state index contributed by atoms with van der Waals surface area (Å²) in [7, 11) is 0. The molecule has 3 rings (SSSR count). The zero-order valence-corrected chi connectivity index (χ0v) is 10.0. The molecule has 2 aliphatic rings. The number of rotatable bonds is 0. The van der Waals surface area contributed by atoms with Crippen LogP contribution in [0, 0.1) is 5.41 Å². The Kier molecular flexibility index (Phi) is 1.99. The Morgan fingerprint density at radius 2 is 1.71 bits per heavy atom. The molecule has 2 aliphatic carbocycles. The molecule has 0 bridgehead atoms. The van der Waals surface area contributed by atoms with Crippen LogP contribution in [0.5, 0.6) is 0 Å². The van der Waals surface area contributed by atoms with E-state index in [0.717, 1.165) is 22.3 Å². The van der Waals surface area contributed by atoms with Crippen molar-refractivity contribution in [3.8, 4) is 0 Å². The van der Waals surface area contributed by atoms with Crippen LogP contribution in [0.4, 0.5) is 0 Å². The first kappa shape index (κ1) is 10.3. The Bertz CT molecular complexity index is 598. The fourth-order valence-corrected chi connectivity index (χ4v) is 2.65. The average Bonchev–Trinajstić information content (AvgIpc) is 2.48. The smallest absolute Gasteiger partial charge is 0.191 e. The lowest BCUT2D eigenvalue weighted by molar-refractivity contribution is 0.102. The highest BCUT2D eigenvalue weighted by Crippen LogP contribution is 2.44. The van der Waals surface area contributed by atoms with E-state index in [9.17, 15) is 4.79 Å². The van der Waals surface area contributed by atoms with E-state index in [2.05, 4.69) is 19.9 Å². The Hall–Kier alpha value is -1.89. The number of hydrogen-bond acceptors (Lipinski definition) is 1. The number of fused-ring (bicyclic) bond motifs is 2. The van der Waals surface area contributed by atoms with E-state index in [1.807, 2.05) is 42.5 Å². The van der Waals surface area contributed by atoms with E-state index in [4.69, 9.17) is 0 Å². The van der Waals surface area contributed by atoms with Crippen molar-refractivity contribution in [2.24, 2.45) is 5.41 Å². The van der Waals surface area contributed by atoms with Crippen LogP contribution in [0.3, 0.4) is 0 Å². The SMILES string of the molecule is CC1(C)C=CC=CC2=C1C(=O)c1ccccc12. The third kappa shape index (κ3) is 1.35. The van der Waals surface area contributed by atoms with Gasteiger partial charge in [-0.05, 0) is 11.1 Å². The van der Waals surface area contributed by atoms with Gasteiger partial charge in [0.1, 0.15) is 0 Å². The van der Waals surface area contributed by atoms with Gasteiger partial charge in [0.15, 0.2) is 5.78 Å². The maximum Gasteiger partial charge on any atom is 0.191 e. The summed E-state index contributed by atoms with van der Waals surface area (Å²) in [5.41, 5.74) is 3.71. The highest BCUT2D eigenvalue weighted by Gasteiger charge is 2.36. The van der Waals surface area contributed by atoms with Gasteiger partial charge in [0.05, 0.1) is 0 Å². The monoisotopic (exact) mass is 222 g/mol. The number of ketones is 1. The third-order valence-electron chi connectivity index (χ3n) is 3.49. The first-order valence-electron chi connectivity index (χ1n) is 5.86. The van der Waals surface area contributed by atoms with Crippen LogP contribution >= 0.6 is 0 Å². The zero-order valence-electron chi connectivity index (χ0n) is 10.0. The molecule has 0 saturated heterocycles. The van der Waals surface area contributed by atoms with E-state index >= 15 is 0 Å². The van der Waals surface area contributed by atoms with Crippen LogP contribution < -0.4 is 0 Å². The quantitative estimate of drug-likeness (QED) is 0.652. The van der Waals surface area contributed by atoms with Crippen LogP contribution in [-0.4, -0.2) is 5.78 Å². The van der Waals surface area contributed by atoms with Crippen molar-refractivity contribution in [2.75, 3.05) is 0 Å². The molecule has 0 N–H and O–H groups in total. The second-order valence-electron chi connectivity index (χ2n) is 5.10. The molecule has 0 spiro atoms. The van der Waals surface area contributed by atoms with Crippen molar-refractivity contribution in [2.45, 2.75) is 13.8 Å². The first-order valence-corrected chi connectivity index (χ1v) is 5.86. The maximum atomic E-state index is 12.5. The minimum absolute atomic E-state index is 0.178. The van der Waals surface area contributed by atoms with Crippen molar-refractivity contribution in [1.82, 2.24) is 0 Å². The van der Waals surface area contributed by atoms with E-state index in [0.29, 0.717) is 0 Å². The summed E-state index contributed by atoms with van der Waals surface area (Å²) in [6.45, 7) is 4.19. The van der Waals surface area contributed by atoms with Gasteiger partial charge in [0, 0.05) is 16.6 Å². The van der Waals surface area contributed by atoms with E-state index in [1.54, 1.807) is 0 Å². The molecule has 17 heavy (non-hydrogen) atoms. The molecule has 0 heterocycles. The summed E-state index contributed by atoms with van der Waals surface area (Å²) in [5, 5.41) is 0. The third-order valence-corrected chi connectivity index (χ3v) is 3.49. The standard InChI is InChI=1S/C16H14O/c1-16(2)10-6-5-8-12-11-7-3-4-9-13(11)15(17)14(12)16/h3-10H,1-2H3. The van der Waals surface area contributed by atoms with Crippen molar-refractivity contribution < 1.29 is 4.79 Å². The van der Waals surface area contributed by atoms with Crippen molar-refractivity contribution in [3.05, 3.63) is 65.3 Å². The molecule has 0 amide bonds. The molecular formula is C16H14O. The maximum absolute atomic E-state index is 12.5. The normalized spacial score (nSPS) is 20.2. The predicted octanol–water partition coefficient (Wildman–Crippen LogP) is 3.79. The second kappa shape index (κ2) is 3.30. The van der Waals surface area contributed by atoms with E-state index in [-0.39, 0.29) is 11.2 Å². The summed E-state index contributed by atoms with van der Waals surface area (Å²) in [5.74, 6) is 0.178. The van der Waals surface area contributed by atoms with Gasteiger partial charge < -0.3 is 0 Å². The van der Waals surface area contributed by atoms with Gasteiger partial charge in [-0.25, -0.2) is 0 Å². The fraction of sp³-hybridized carbons (Fsp3) is 0.188. The van der Waals surface area contributed by atoms with Crippen LogP contribution in [-0.2, 0) is 0 Å². The number of allylic oxidation sites excluding steroid dienone is 6. The summed E-state index contributed by atoms with van der Waals surface area (Å²) >= 11 is 0. The Morgan fingerprint density at radius 1 is 1.00 bits per heavy atom. The molecule has 0 fully saturated rings. The number of Topliss-reactive ketones (excluding diaryl/α,β-unsaturated/α-hetero) is 1. The molecule has 1 heteroatoms. The molecular weight excluding hydrogens is 208 g/mol. The summed E-state index contributed by atoms with van der Waals surface area (Å²) in [6.07, 6.45) is 8.17. The lowest BCUT2D eigenvalue weighted by atomic mass is 9.81. The van der Waals surface area contributed by atoms with E-state index in [1.165, 1.54) is 0 Å². The largest absolute Gasteiger partial charge is 0.289 e. The van der Waals surface area contributed by atoms with Crippen LogP contribution in [0.25, 0.3) is 5.57 Å².